The van der Waals surface area contributed by atoms with Gasteiger partial charge in [-0.2, -0.15) is 0 Å². The molecule has 0 fully saturated rings. The van der Waals surface area contributed by atoms with Crippen molar-refractivity contribution in [2.75, 3.05) is 23.4 Å². The molecule has 21 heavy (non-hydrogen) atoms. The summed E-state index contributed by atoms with van der Waals surface area (Å²) in [5.74, 6) is 1.50. The summed E-state index contributed by atoms with van der Waals surface area (Å²) in [6.45, 7) is 2.98. The molecule has 1 aromatic carbocycles. The fraction of sp³-hybridized carbons (Fsp3) is 0.286. The zero-order valence-electron chi connectivity index (χ0n) is 11.8. The molecule has 7 heteroatoms. The van der Waals surface area contributed by atoms with E-state index in [0.29, 0.717) is 21.0 Å². The van der Waals surface area contributed by atoms with Crippen molar-refractivity contribution >= 4 is 52.3 Å². The topological polar surface area (TPSA) is 49.8 Å². The van der Waals surface area contributed by atoms with Crippen LogP contribution in [0, 0.1) is 0 Å². The van der Waals surface area contributed by atoms with Gasteiger partial charge in [0.1, 0.15) is 11.6 Å². The van der Waals surface area contributed by atoms with E-state index in [2.05, 4.69) is 27.5 Å². The van der Waals surface area contributed by atoms with Crippen molar-refractivity contribution in [2.45, 2.75) is 18.5 Å². The predicted octanol–water partition coefficient (Wildman–Crippen LogP) is 5.07. The zero-order chi connectivity index (χ0) is 15.2. The molecule has 0 atom stereocenters. The molecule has 1 aromatic heterocycles. The van der Waals surface area contributed by atoms with E-state index in [1.807, 2.05) is 12.3 Å². The van der Waals surface area contributed by atoms with Crippen LogP contribution in [0.2, 0.25) is 10.0 Å². The number of aromatic nitrogens is 2. The average molecular weight is 343 g/mol. The van der Waals surface area contributed by atoms with Gasteiger partial charge in [-0.1, -0.05) is 41.9 Å². The Bertz CT molecular complexity index is 602. The van der Waals surface area contributed by atoms with E-state index in [9.17, 15) is 0 Å². The summed E-state index contributed by atoms with van der Waals surface area (Å²) in [6.07, 6.45) is 2.98. The maximum Gasteiger partial charge on any atom is 0.191 e. The number of hydrogen-bond acceptors (Lipinski definition) is 5. The van der Waals surface area contributed by atoms with Gasteiger partial charge in [0.15, 0.2) is 5.16 Å². The van der Waals surface area contributed by atoms with Gasteiger partial charge < -0.3 is 10.6 Å². The number of rotatable bonds is 6. The highest BCUT2D eigenvalue weighted by Gasteiger charge is 2.05. The minimum absolute atomic E-state index is 0.577. The fourth-order valence-corrected chi connectivity index (χ4v) is 2.60. The van der Waals surface area contributed by atoms with Crippen LogP contribution >= 0.6 is 35.0 Å². The molecule has 0 spiro atoms. The van der Waals surface area contributed by atoms with Crippen LogP contribution in [-0.4, -0.2) is 22.8 Å². The number of hydrogen-bond donors (Lipinski definition) is 2. The number of halogens is 2. The van der Waals surface area contributed by atoms with Gasteiger partial charge in [-0.25, -0.2) is 9.97 Å². The smallest absolute Gasteiger partial charge is 0.191 e. The van der Waals surface area contributed by atoms with E-state index < -0.39 is 0 Å². The van der Waals surface area contributed by atoms with Gasteiger partial charge in [-0.05, 0) is 30.9 Å². The molecular formula is C14H16Cl2N4S. The van der Waals surface area contributed by atoms with Crippen LogP contribution in [-0.2, 0) is 0 Å². The lowest BCUT2D eigenvalue weighted by Crippen LogP contribution is -2.05. The first kappa shape index (κ1) is 16.2. The summed E-state index contributed by atoms with van der Waals surface area (Å²) in [5, 5.41) is 8.32. The van der Waals surface area contributed by atoms with Gasteiger partial charge in [0.05, 0.1) is 0 Å². The van der Waals surface area contributed by atoms with Gasteiger partial charge >= 0.3 is 0 Å². The number of benzene rings is 1. The van der Waals surface area contributed by atoms with Crippen LogP contribution in [0.1, 0.15) is 13.3 Å². The molecule has 0 bridgehead atoms. The maximum absolute atomic E-state index is 6.00. The Morgan fingerprint density at radius 1 is 1.05 bits per heavy atom. The summed E-state index contributed by atoms with van der Waals surface area (Å²) < 4.78 is 0. The van der Waals surface area contributed by atoms with Crippen molar-refractivity contribution in [3.63, 3.8) is 0 Å². The highest BCUT2D eigenvalue weighted by Crippen LogP contribution is 2.26. The van der Waals surface area contributed by atoms with Gasteiger partial charge in [-0.15, -0.1) is 0 Å². The van der Waals surface area contributed by atoms with Crippen molar-refractivity contribution in [1.82, 2.24) is 9.97 Å². The van der Waals surface area contributed by atoms with Crippen LogP contribution in [0.25, 0.3) is 0 Å². The molecule has 0 radical (unpaired) electrons. The minimum atomic E-state index is 0.577. The predicted molar refractivity (Wildman–Crippen MR) is 92.3 cm³/mol. The van der Waals surface area contributed by atoms with Gasteiger partial charge in [-0.3, -0.25) is 0 Å². The highest BCUT2D eigenvalue weighted by atomic mass is 35.5. The highest BCUT2D eigenvalue weighted by molar-refractivity contribution is 7.98. The Hall–Kier alpha value is -1.17. The Kier molecular flexibility index (Phi) is 5.96. The molecule has 4 nitrogen and oxygen atoms in total. The van der Waals surface area contributed by atoms with Gasteiger partial charge in [0.2, 0.25) is 0 Å². The second-order valence-corrected chi connectivity index (χ2v) is 5.98. The molecule has 0 aliphatic heterocycles. The lowest BCUT2D eigenvalue weighted by molar-refractivity contribution is 0.929. The van der Waals surface area contributed by atoms with E-state index in [4.69, 9.17) is 23.2 Å². The van der Waals surface area contributed by atoms with Crippen LogP contribution in [0.3, 0.4) is 0 Å². The van der Waals surface area contributed by atoms with E-state index in [1.54, 1.807) is 18.2 Å². The van der Waals surface area contributed by atoms with Crippen molar-refractivity contribution in [2.24, 2.45) is 0 Å². The van der Waals surface area contributed by atoms with E-state index in [0.717, 1.165) is 24.5 Å². The van der Waals surface area contributed by atoms with Gasteiger partial charge in [0, 0.05) is 28.3 Å². The van der Waals surface area contributed by atoms with Crippen LogP contribution in [0.4, 0.5) is 17.3 Å². The minimum Gasteiger partial charge on any atom is -0.370 e. The molecule has 0 unspecified atom stereocenters. The second kappa shape index (κ2) is 7.73. The van der Waals surface area contributed by atoms with Gasteiger partial charge in [0.25, 0.3) is 0 Å². The Labute approximate surface area is 138 Å². The first-order valence-electron chi connectivity index (χ1n) is 6.50. The second-order valence-electron chi connectivity index (χ2n) is 4.34. The summed E-state index contributed by atoms with van der Waals surface area (Å²) in [6, 6.07) is 7.15. The van der Waals surface area contributed by atoms with Crippen molar-refractivity contribution in [1.29, 1.82) is 0 Å². The van der Waals surface area contributed by atoms with Crippen molar-refractivity contribution in [3.8, 4) is 0 Å². The number of thioether (sulfide) groups is 1. The van der Waals surface area contributed by atoms with E-state index in [-0.39, 0.29) is 0 Å². The zero-order valence-corrected chi connectivity index (χ0v) is 14.1. The fourth-order valence-electron chi connectivity index (χ4n) is 1.70. The monoisotopic (exact) mass is 342 g/mol. The third-order valence-corrected chi connectivity index (χ3v) is 3.56. The molecule has 2 rings (SSSR count). The van der Waals surface area contributed by atoms with Crippen LogP contribution in [0.5, 0.6) is 0 Å². The summed E-state index contributed by atoms with van der Waals surface area (Å²) in [5.41, 5.74) is 0.791. The summed E-state index contributed by atoms with van der Waals surface area (Å²) in [7, 11) is 0. The van der Waals surface area contributed by atoms with Crippen LogP contribution in [0.15, 0.2) is 29.4 Å². The van der Waals surface area contributed by atoms with E-state index in [1.165, 1.54) is 11.8 Å². The van der Waals surface area contributed by atoms with E-state index >= 15 is 0 Å². The number of nitrogens with one attached hydrogen (secondary N) is 2. The molecular weight excluding hydrogens is 327 g/mol. The Morgan fingerprint density at radius 3 is 2.33 bits per heavy atom. The lowest BCUT2D eigenvalue weighted by atomic mass is 10.3. The molecule has 0 amide bonds. The largest absolute Gasteiger partial charge is 0.370 e. The van der Waals surface area contributed by atoms with Crippen molar-refractivity contribution < 1.29 is 0 Å². The Balaban J connectivity index is 2.25. The molecule has 0 saturated carbocycles. The summed E-state index contributed by atoms with van der Waals surface area (Å²) in [4.78, 5) is 8.84. The summed E-state index contributed by atoms with van der Waals surface area (Å²) >= 11 is 13.5. The average Bonchev–Trinajstić information content (AvgIpc) is 2.43. The first-order valence-corrected chi connectivity index (χ1v) is 8.49. The molecule has 0 aliphatic rings. The molecule has 0 saturated heterocycles. The maximum atomic E-state index is 6.00. The quantitative estimate of drug-likeness (QED) is 0.566. The molecule has 112 valence electrons. The Morgan fingerprint density at radius 2 is 1.71 bits per heavy atom. The molecule has 0 aliphatic carbocycles. The van der Waals surface area contributed by atoms with Crippen molar-refractivity contribution in [3.05, 3.63) is 34.3 Å². The SMILES string of the molecule is CCCNc1cc(Nc2cc(Cl)cc(Cl)c2)nc(SC)n1. The molecule has 2 aromatic rings. The number of anilines is 3. The molecule has 2 N–H and O–H groups in total. The first-order chi connectivity index (χ1) is 10.1. The van der Waals surface area contributed by atoms with Crippen LogP contribution < -0.4 is 10.6 Å². The normalized spacial score (nSPS) is 10.5. The number of nitrogens with zero attached hydrogens (tertiary/aromatic N) is 2. The third kappa shape index (κ3) is 4.95. The standard InChI is InChI=1S/C14H16Cl2N4S/c1-3-4-17-12-8-13(20-14(19-12)21-2)18-11-6-9(15)5-10(16)7-11/h5-8H,3-4H2,1-2H3,(H2,17,18,19,20). The molecule has 1 heterocycles. The third-order valence-electron chi connectivity index (χ3n) is 2.58. The lowest BCUT2D eigenvalue weighted by Gasteiger charge is -2.10.